The normalized spacial score (nSPS) is 9.88. The number of ether oxygens (including phenoxy) is 1. The number of nitrogens with one attached hydrogen (secondary N) is 1. The summed E-state index contributed by atoms with van der Waals surface area (Å²) in [6.45, 7) is 0. The molecule has 0 amide bonds. The second kappa shape index (κ2) is 6.62. The predicted molar refractivity (Wildman–Crippen MR) is 82.2 cm³/mol. The van der Waals surface area contributed by atoms with Crippen molar-refractivity contribution in [1.29, 1.82) is 0 Å². The Labute approximate surface area is 135 Å². The zero-order valence-corrected chi connectivity index (χ0v) is 12.2. The zero-order valence-electron chi connectivity index (χ0n) is 12.2. The summed E-state index contributed by atoms with van der Waals surface area (Å²) in [6.07, 6.45) is 0. The molecule has 1 heterocycles. The van der Waals surface area contributed by atoms with Gasteiger partial charge >= 0.3 is 5.97 Å². The van der Waals surface area contributed by atoms with Gasteiger partial charge in [0.25, 0.3) is 5.88 Å². The van der Waals surface area contributed by atoms with Crippen molar-refractivity contribution in [1.82, 2.24) is 15.4 Å². The lowest BCUT2D eigenvalue weighted by Gasteiger charge is -2.02. The van der Waals surface area contributed by atoms with Crippen LogP contribution in [0.1, 0.15) is 21.6 Å². The molecule has 1 aromatic heterocycles. The molecule has 0 aliphatic heterocycles. The van der Waals surface area contributed by atoms with Crippen LogP contribution in [0.2, 0.25) is 0 Å². The number of nitrogens with zero attached hydrogens (tertiary/aromatic N) is 2. The van der Waals surface area contributed by atoms with E-state index < -0.39 is 5.97 Å². The molecule has 118 valence electrons. The van der Waals surface area contributed by atoms with Gasteiger partial charge in [-0.2, -0.15) is 0 Å². The van der Waals surface area contributed by atoms with Gasteiger partial charge in [0.1, 0.15) is 11.6 Å². The topological polar surface area (TPSA) is 88.1 Å². The van der Waals surface area contributed by atoms with E-state index in [1.165, 1.54) is 12.1 Å². The minimum Gasteiger partial charge on any atom is -0.476 e. The molecule has 0 saturated carbocycles. The number of aromatic nitrogens is 3. The molecule has 0 bridgehead atoms. The Morgan fingerprint density at radius 3 is 2.54 bits per heavy atom. The van der Waals surface area contributed by atoms with E-state index in [1.54, 1.807) is 36.4 Å². The van der Waals surface area contributed by atoms with Gasteiger partial charge in [-0.05, 0) is 36.4 Å². The van der Waals surface area contributed by atoms with Crippen LogP contribution < -0.4 is 4.74 Å². The summed E-state index contributed by atoms with van der Waals surface area (Å²) in [7, 11) is 0. The molecule has 0 aliphatic carbocycles. The van der Waals surface area contributed by atoms with Crippen molar-refractivity contribution < 1.29 is 19.0 Å². The number of halogens is 1. The van der Waals surface area contributed by atoms with Crippen LogP contribution in [0.4, 0.5) is 4.39 Å². The van der Waals surface area contributed by atoms with Gasteiger partial charge in [-0.1, -0.05) is 34.3 Å². The van der Waals surface area contributed by atoms with E-state index in [-0.39, 0.29) is 17.4 Å². The van der Waals surface area contributed by atoms with E-state index in [1.807, 2.05) is 0 Å². The molecular weight excluding hydrogens is 313 g/mol. The van der Waals surface area contributed by atoms with Crippen molar-refractivity contribution in [2.75, 3.05) is 0 Å². The van der Waals surface area contributed by atoms with Crippen molar-refractivity contribution in [3.63, 3.8) is 0 Å². The van der Waals surface area contributed by atoms with E-state index in [2.05, 4.69) is 27.3 Å². The van der Waals surface area contributed by atoms with Gasteiger partial charge in [-0.3, -0.25) is 0 Å². The van der Waals surface area contributed by atoms with Crippen LogP contribution in [0.15, 0.2) is 48.5 Å². The summed E-state index contributed by atoms with van der Waals surface area (Å²) < 4.78 is 18.5. The van der Waals surface area contributed by atoms with Gasteiger partial charge in [0.2, 0.25) is 5.69 Å². The number of aromatic amines is 1. The number of carboxylic acid groups (broad SMARTS) is 1. The fraction of sp³-hybridized carbons (Fsp3) is 0. The maximum atomic E-state index is 13.1. The summed E-state index contributed by atoms with van der Waals surface area (Å²) in [6, 6.07) is 12.7. The maximum absolute atomic E-state index is 13.1. The highest BCUT2D eigenvalue weighted by Gasteiger charge is 2.16. The first-order valence-electron chi connectivity index (χ1n) is 6.81. The standard InChI is InChI=1S/C17H10FN3O3/c18-13-5-1-3-11(9-13)7-8-12-4-2-6-14(10-12)24-16-15(17(22)23)19-21-20-16/h1-6,9-10H,(H,22,23)(H,19,20,21). The van der Waals surface area contributed by atoms with Gasteiger partial charge in [0.15, 0.2) is 0 Å². The third-order valence-electron chi connectivity index (χ3n) is 2.95. The molecular formula is C17H10FN3O3. The Kier molecular flexibility index (Phi) is 4.21. The molecule has 2 aromatic carbocycles. The smallest absolute Gasteiger partial charge is 0.359 e. The lowest BCUT2D eigenvalue weighted by atomic mass is 10.2. The number of H-pyrrole nitrogens is 1. The van der Waals surface area contributed by atoms with Crippen LogP contribution in [0.3, 0.4) is 0 Å². The lowest BCUT2D eigenvalue weighted by Crippen LogP contribution is -1.99. The number of carboxylic acids is 1. The Hall–Kier alpha value is -3.66. The fourth-order valence-corrected chi connectivity index (χ4v) is 1.89. The Bertz CT molecular complexity index is 957. The average Bonchev–Trinajstić information content (AvgIpc) is 3.02. The van der Waals surface area contributed by atoms with Crippen LogP contribution >= 0.6 is 0 Å². The van der Waals surface area contributed by atoms with E-state index in [0.29, 0.717) is 16.9 Å². The highest BCUT2D eigenvalue weighted by atomic mass is 19.1. The molecule has 0 aliphatic rings. The van der Waals surface area contributed by atoms with Crippen LogP contribution in [-0.2, 0) is 0 Å². The van der Waals surface area contributed by atoms with E-state index in [4.69, 9.17) is 9.84 Å². The summed E-state index contributed by atoms with van der Waals surface area (Å²) in [4.78, 5) is 11.0. The third-order valence-corrected chi connectivity index (χ3v) is 2.95. The molecule has 0 atom stereocenters. The average molecular weight is 323 g/mol. The minimum absolute atomic E-state index is 0.141. The van der Waals surface area contributed by atoms with Crippen molar-refractivity contribution in [3.05, 3.63) is 71.2 Å². The van der Waals surface area contributed by atoms with Gasteiger partial charge in [0, 0.05) is 11.1 Å². The van der Waals surface area contributed by atoms with Gasteiger partial charge in [-0.15, -0.1) is 0 Å². The second-order valence-electron chi connectivity index (χ2n) is 4.69. The first kappa shape index (κ1) is 15.2. The van der Waals surface area contributed by atoms with Gasteiger partial charge in [0.05, 0.1) is 0 Å². The molecule has 2 N–H and O–H groups in total. The number of hydrogen-bond donors (Lipinski definition) is 2. The predicted octanol–water partition coefficient (Wildman–Crippen LogP) is 2.83. The van der Waals surface area contributed by atoms with Crippen LogP contribution in [0.5, 0.6) is 11.6 Å². The van der Waals surface area contributed by atoms with Gasteiger partial charge in [-0.25, -0.2) is 14.3 Å². The van der Waals surface area contributed by atoms with Crippen molar-refractivity contribution in [2.24, 2.45) is 0 Å². The lowest BCUT2D eigenvalue weighted by molar-refractivity contribution is 0.0687. The molecule has 24 heavy (non-hydrogen) atoms. The summed E-state index contributed by atoms with van der Waals surface area (Å²) >= 11 is 0. The molecule has 0 fully saturated rings. The van der Waals surface area contributed by atoms with Crippen LogP contribution in [-0.4, -0.2) is 26.5 Å². The second-order valence-corrected chi connectivity index (χ2v) is 4.69. The molecule has 3 rings (SSSR count). The fourth-order valence-electron chi connectivity index (χ4n) is 1.89. The highest BCUT2D eigenvalue weighted by Crippen LogP contribution is 2.22. The summed E-state index contributed by atoms with van der Waals surface area (Å²) in [5, 5.41) is 18.2. The molecule has 3 aromatic rings. The van der Waals surface area contributed by atoms with Gasteiger partial charge < -0.3 is 9.84 Å². The molecule has 0 unspecified atom stereocenters. The SMILES string of the molecule is O=C(O)c1[nH]nnc1Oc1cccc(C#Cc2cccc(F)c2)c1. The monoisotopic (exact) mass is 323 g/mol. The van der Waals surface area contributed by atoms with Crippen molar-refractivity contribution >= 4 is 5.97 Å². The number of aromatic carboxylic acids is 1. The Balaban J connectivity index is 1.82. The molecule has 0 spiro atoms. The first-order valence-corrected chi connectivity index (χ1v) is 6.81. The van der Waals surface area contributed by atoms with E-state index >= 15 is 0 Å². The highest BCUT2D eigenvalue weighted by molar-refractivity contribution is 5.87. The molecule has 0 radical (unpaired) electrons. The molecule has 6 nitrogen and oxygen atoms in total. The third kappa shape index (κ3) is 3.56. The zero-order chi connectivity index (χ0) is 16.9. The summed E-state index contributed by atoms with van der Waals surface area (Å²) in [5.41, 5.74) is 0.925. The van der Waals surface area contributed by atoms with E-state index in [9.17, 15) is 9.18 Å². The van der Waals surface area contributed by atoms with Crippen LogP contribution in [0, 0.1) is 17.7 Å². The molecule has 7 heteroatoms. The summed E-state index contributed by atoms with van der Waals surface area (Å²) in [5.74, 6) is 4.37. The quantitative estimate of drug-likeness (QED) is 0.724. The van der Waals surface area contributed by atoms with Crippen molar-refractivity contribution in [2.45, 2.75) is 0 Å². The minimum atomic E-state index is -1.22. The Morgan fingerprint density at radius 1 is 1.12 bits per heavy atom. The largest absolute Gasteiger partial charge is 0.476 e. The maximum Gasteiger partial charge on any atom is 0.359 e. The number of rotatable bonds is 3. The number of hydrogen-bond acceptors (Lipinski definition) is 4. The molecule has 0 saturated heterocycles. The van der Waals surface area contributed by atoms with Crippen LogP contribution in [0.25, 0.3) is 0 Å². The number of benzene rings is 2. The number of carbonyl (C=O) groups is 1. The van der Waals surface area contributed by atoms with E-state index in [0.717, 1.165) is 0 Å². The Morgan fingerprint density at radius 2 is 1.83 bits per heavy atom. The van der Waals surface area contributed by atoms with Crippen molar-refractivity contribution in [3.8, 4) is 23.5 Å². The first-order chi connectivity index (χ1) is 11.6.